The summed E-state index contributed by atoms with van der Waals surface area (Å²) in [5.41, 5.74) is 1.30. The molecule has 7 heteroatoms. The molecule has 1 aliphatic heterocycles. The lowest BCUT2D eigenvalue weighted by Gasteiger charge is -2.14. The van der Waals surface area contributed by atoms with Crippen LogP contribution in [0.3, 0.4) is 0 Å². The van der Waals surface area contributed by atoms with Crippen LogP contribution in [0.5, 0.6) is 0 Å². The van der Waals surface area contributed by atoms with Gasteiger partial charge in [-0.2, -0.15) is 0 Å². The molecular weight excluding hydrogens is 316 g/mol. The van der Waals surface area contributed by atoms with Gasteiger partial charge in [0.1, 0.15) is 5.76 Å². The number of Topliss-reactive ketones (excluding diaryl/α,β-unsaturated/α-hetero) is 1. The Kier molecular flexibility index (Phi) is 4.32. The molecule has 0 bridgehead atoms. The van der Waals surface area contributed by atoms with Crippen molar-refractivity contribution in [2.45, 2.75) is 26.4 Å². The molecule has 2 aromatic heterocycles. The fourth-order valence-corrected chi connectivity index (χ4v) is 3.59. The molecule has 3 rings (SSSR count). The van der Waals surface area contributed by atoms with Gasteiger partial charge in [0.15, 0.2) is 5.78 Å². The smallest absolute Gasteiger partial charge is 0.254 e. The highest BCUT2D eigenvalue weighted by Crippen LogP contribution is 2.25. The van der Waals surface area contributed by atoms with Crippen LogP contribution in [0.25, 0.3) is 0 Å². The van der Waals surface area contributed by atoms with Crippen LogP contribution in [0.4, 0.5) is 0 Å². The minimum absolute atomic E-state index is 0.0472. The van der Waals surface area contributed by atoms with E-state index in [9.17, 15) is 14.7 Å². The predicted octanol–water partition coefficient (Wildman–Crippen LogP) is 1.92. The Balaban J connectivity index is 1.67. The highest BCUT2D eigenvalue weighted by Gasteiger charge is 2.35. The number of aryl methyl sites for hydroxylation is 1. The number of carbonyl (C=O) groups excluding carboxylic acids is 2. The molecule has 23 heavy (non-hydrogen) atoms. The Hall–Kier alpha value is -1.99. The summed E-state index contributed by atoms with van der Waals surface area (Å²) in [5, 5.41) is 15.7. The van der Waals surface area contributed by atoms with Gasteiger partial charge in [-0.3, -0.25) is 9.59 Å². The van der Waals surface area contributed by atoms with Gasteiger partial charge >= 0.3 is 0 Å². The molecule has 3 heterocycles. The van der Waals surface area contributed by atoms with Gasteiger partial charge in [-0.25, -0.2) is 0 Å². The van der Waals surface area contributed by atoms with E-state index in [-0.39, 0.29) is 17.6 Å². The first kappa shape index (κ1) is 15.9. The second kappa shape index (κ2) is 6.25. The van der Waals surface area contributed by atoms with Crippen LogP contribution in [-0.2, 0) is 6.42 Å². The van der Waals surface area contributed by atoms with Gasteiger partial charge < -0.3 is 14.5 Å². The summed E-state index contributed by atoms with van der Waals surface area (Å²) in [7, 11) is 0. The van der Waals surface area contributed by atoms with Crippen molar-refractivity contribution >= 4 is 23.0 Å². The number of aromatic nitrogens is 1. The van der Waals surface area contributed by atoms with E-state index < -0.39 is 6.10 Å². The van der Waals surface area contributed by atoms with Gasteiger partial charge in [-0.1, -0.05) is 5.16 Å². The van der Waals surface area contributed by atoms with Gasteiger partial charge in [-0.15, -0.1) is 11.3 Å². The first-order valence-corrected chi connectivity index (χ1v) is 8.31. The van der Waals surface area contributed by atoms with E-state index in [1.807, 2.05) is 13.0 Å². The Bertz CT molecular complexity index is 736. The minimum atomic E-state index is -0.588. The maximum absolute atomic E-state index is 12.5. The SMILES string of the molecule is CC(=O)c1cc(C(=O)N2C[C@@H](Cc3cc(C)no3)[C@H](O)C2)cs1. The Morgan fingerprint density at radius 2 is 2.22 bits per heavy atom. The van der Waals surface area contributed by atoms with Crippen molar-refractivity contribution in [1.29, 1.82) is 0 Å². The fraction of sp³-hybridized carbons (Fsp3) is 0.438. The number of amides is 1. The van der Waals surface area contributed by atoms with E-state index in [2.05, 4.69) is 5.16 Å². The van der Waals surface area contributed by atoms with Crippen LogP contribution in [0.15, 0.2) is 22.0 Å². The number of ketones is 1. The first-order chi connectivity index (χ1) is 10.9. The molecule has 1 aliphatic rings. The van der Waals surface area contributed by atoms with Crippen molar-refractivity contribution in [2.24, 2.45) is 5.92 Å². The zero-order chi connectivity index (χ0) is 16.6. The number of aliphatic hydroxyl groups is 1. The molecule has 1 amide bonds. The molecule has 1 fully saturated rings. The standard InChI is InChI=1S/C16H18N2O4S/c1-9-3-13(22-17-9)4-11-6-18(7-14(11)20)16(21)12-5-15(10(2)19)23-8-12/h3,5,8,11,14,20H,4,6-7H2,1-2H3/t11-,14-/m1/s1. The maximum Gasteiger partial charge on any atom is 0.254 e. The molecular formula is C16H18N2O4S. The van der Waals surface area contributed by atoms with E-state index in [0.29, 0.717) is 30.0 Å². The molecule has 1 N–H and O–H groups in total. The third-order valence-electron chi connectivity index (χ3n) is 4.03. The molecule has 0 saturated carbocycles. The van der Waals surface area contributed by atoms with Gasteiger partial charge in [-0.05, 0) is 19.9 Å². The molecule has 0 aromatic carbocycles. The number of thiophene rings is 1. The zero-order valence-corrected chi connectivity index (χ0v) is 13.8. The summed E-state index contributed by atoms with van der Waals surface area (Å²) in [4.78, 5) is 26.0. The number of hydrogen-bond acceptors (Lipinski definition) is 6. The summed E-state index contributed by atoms with van der Waals surface area (Å²) in [6.45, 7) is 4.08. The molecule has 0 radical (unpaired) electrons. The molecule has 2 aromatic rings. The van der Waals surface area contributed by atoms with Crippen LogP contribution in [0, 0.1) is 12.8 Å². The Morgan fingerprint density at radius 3 is 2.83 bits per heavy atom. The molecule has 1 saturated heterocycles. The number of hydrogen-bond donors (Lipinski definition) is 1. The van der Waals surface area contributed by atoms with E-state index in [4.69, 9.17) is 4.52 Å². The molecule has 122 valence electrons. The lowest BCUT2D eigenvalue weighted by molar-refractivity contribution is 0.0765. The number of nitrogens with zero attached hydrogens (tertiary/aromatic N) is 2. The van der Waals surface area contributed by atoms with E-state index in [1.165, 1.54) is 18.3 Å². The van der Waals surface area contributed by atoms with Gasteiger partial charge in [0, 0.05) is 36.9 Å². The van der Waals surface area contributed by atoms with Crippen molar-refractivity contribution in [1.82, 2.24) is 10.1 Å². The summed E-state index contributed by atoms with van der Waals surface area (Å²) in [5.74, 6) is 0.450. The lowest BCUT2D eigenvalue weighted by atomic mass is 10.0. The summed E-state index contributed by atoms with van der Waals surface area (Å²) in [6.07, 6.45) is -0.0380. The number of rotatable bonds is 4. The molecule has 0 unspecified atom stereocenters. The van der Waals surface area contributed by atoms with Crippen LogP contribution >= 0.6 is 11.3 Å². The Morgan fingerprint density at radius 1 is 1.43 bits per heavy atom. The number of carbonyl (C=O) groups is 2. The molecule has 0 aliphatic carbocycles. The van der Waals surface area contributed by atoms with Crippen LogP contribution in [0.1, 0.15) is 38.4 Å². The monoisotopic (exact) mass is 334 g/mol. The molecule has 6 nitrogen and oxygen atoms in total. The lowest BCUT2D eigenvalue weighted by Crippen LogP contribution is -2.29. The largest absolute Gasteiger partial charge is 0.391 e. The second-order valence-corrected chi connectivity index (χ2v) is 6.84. The minimum Gasteiger partial charge on any atom is -0.391 e. The average Bonchev–Trinajstić information content (AvgIpc) is 3.20. The number of aliphatic hydroxyl groups excluding tert-OH is 1. The van der Waals surface area contributed by atoms with Crippen molar-refractivity contribution in [3.63, 3.8) is 0 Å². The van der Waals surface area contributed by atoms with Gasteiger partial charge in [0.05, 0.1) is 22.2 Å². The number of likely N-dealkylation sites (tertiary alicyclic amines) is 1. The van der Waals surface area contributed by atoms with Crippen LogP contribution < -0.4 is 0 Å². The zero-order valence-electron chi connectivity index (χ0n) is 13.0. The first-order valence-electron chi connectivity index (χ1n) is 7.43. The van der Waals surface area contributed by atoms with E-state index in [0.717, 1.165) is 11.5 Å². The topological polar surface area (TPSA) is 83.6 Å². The quantitative estimate of drug-likeness (QED) is 0.864. The molecule has 0 spiro atoms. The fourth-order valence-electron chi connectivity index (χ4n) is 2.81. The third kappa shape index (κ3) is 3.35. The van der Waals surface area contributed by atoms with Crippen LogP contribution in [0.2, 0.25) is 0 Å². The van der Waals surface area contributed by atoms with Crippen molar-refractivity contribution in [2.75, 3.05) is 13.1 Å². The third-order valence-corrected chi connectivity index (χ3v) is 5.06. The Labute approximate surface area is 137 Å². The number of β-amino-alcohol motifs (C(OH)–C–C–N with tert-alkyl or cyclic N) is 1. The normalized spacial score (nSPS) is 20.9. The highest BCUT2D eigenvalue weighted by molar-refractivity contribution is 7.12. The van der Waals surface area contributed by atoms with Crippen molar-refractivity contribution < 1.29 is 19.2 Å². The van der Waals surface area contributed by atoms with E-state index >= 15 is 0 Å². The molecule has 2 atom stereocenters. The highest BCUT2D eigenvalue weighted by atomic mass is 32.1. The summed E-state index contributed by atoms with van der Waals surface area (Å²) >= 11 is 1.27. The summed E-state index contributed by atoms with van der Waals surface area (Å²) < 4.78 is 5.18. The average molecular weight is 334 g/mol. The van der Waals surface area contributed by atoms with Gasteiger partial charge in [0.25, 0.3) is 5.91 Å². The van der Waals surface area contributed by atoms with E-state index in [1.54, 1.807) is 16.3 Å². The van der Waals surface area contributed by atoms with Gasteiger partial charge in [0.2, 0.25) is 0 Å². The summed E-state index contributed by atoms with van der Waals surface area (Å²) in [6, 6.07) is 3.46. The van der Waals surface area contributed by atoms with Crippen molar-refractivity contribution in [3.05, 3.63) is 39.4 Å². The predicted molar refractivity (Wildman–Crippen MR) is 84.7 cm³/mol. The van der Waals surface area contributed by atoms with Crippen LogP contribution in [-0.4, -0.2) is 46.0 Å². The maximum atomic E-state index is 12.5. The van der Waals surface area contributed by atoms with Crippen molar-refractivity contribution in [3.8, 4) is 0 Å². The second-order valence-electron chi connectivity index (χ2n) is 5.93.